The third-order valence-corrected chi connectivity index (χ3v) is 5.34. The zero-order valence-electron chi connectivity index (χ0n) is 18.9. The van der Waals surface area contributed by atoms with Gasteiger partial charge >= 0.3 is 0 Å². The fourth-order valence-corrected chi connectivity index (χ4v) is 3.62. The highest BCUT2D eigenvalue weighted by Gasteiger charge is 2.09. The summed E-state index contributed by atoms with van der Waals surface area (Å²) in [5.41, 5.74) is 6.12. The van der Waals surface area contributed by atoms with Crippen LogP contribution in [-0.4, -0.2) is 20.3 Å². The Morgan fingerprint density at radius 1 is 0.794 bits per heavy atom. The average molecular weight is 449 g/mol. The molecule has 0 aliphatic rings. The molecule has 3 heterocycles. The maximum Gasteiger partial charge on any atom is 0.257 e. The molecule has 3 aromatic heterocycles. The molecule has 0 radical (unpaired) electrons. The topological polar surface area (TPSA) is 83.4 Å². The number of nitrogens with one attached hydrogen (secondary N) is 3. The van der Waals surface area contributed by atoms with E-state index in [4.69, 9.17) is 0 Å². The molecule has 0 bridgehead atoms. The van der Waals surface area contributed by atoms with Crippen LogP contribution < -0.4 is 16.0 Å². The van der Waals surface area contributed by atoms with Crippen molar-refractivity contribution in [3.63, 3.8) is 0 Å². The molecule has 3 N–H and O–H groups in total. The van der Waals surface area contributed by atoms with Crippen molar-refractivity contribution in [1.29, 1.82) is 0 Å². The van der Waals surface area contributed by atoms with Gasteiger partial charge in [0.15, 0.2) is 0 Å². The Labute approximate surface area is 197 Å². The van der Waals surface area contributed by atoms with Crippen molar-refractivity contribution < 1.29 is 4.79 Å². The highest BCUT2D eigenvalue weighted by molar-refractivity contribution is 6.05. The molecule has 0 atom stereocenters. The van der Waals surface area contributed by atoms with Crippen LogP contribution in [0.25, 0.3) is 5.52 Å². The lowest BCUT2D eigenvalue weighted by molar-refractivity contribution is 0.102. The first-order valence-electron chi connectivity index (χ1n) is 11.0. The van der Waals surface area contributed by atoms with Crippen molar-refractivity contribution in [3.8, 4) is 0 Å². The number of benzene rings is 2. The molecular weight excluding hydrogens is 424 g/mol. The molecule has 1 amide bonds. The summed E-state index contributed by atoms with van der Waals surface area (Å²) in [5, 5.41) is 9.49. The Balaban J connectivity index is 1.26. The van der Waals surface area contributed by atoms with E-state index >= 15 is 0 Å². The van der Waals surface area contributed by atoms with Crippen molar-refractivity contribution in [3.05, 3.63) is 108 Å². The lowest BCUT2D eigenvalue weighted by atomic mass is 10.2. The minimum atomic E-state index is -0.150. The minimum absolute atomic E-state index is 0.150. The van der Waals surface area contributed by atoms with Crippen molar-refractivity contribution in [2.45, 2.75) is 13.8 Å². The first-order chi connectivity index (χ1) is 16.5. The first kappa shape index (κ1) is 21.2. The molecule has 7 nitrogen and oxygen atoms in total. The number of rotatable bonds is 6. The van der Waals surface area contributed by atoms with Crippen LogP contribution in [0.5, 0.6) is 0 Å². The van der Waals surface area contributed by atoms with Gasteiger partial charge in [-0.3, -0.25) is 4.79 Å². The second kappa shape index (κ2) is 9.07. The third-order valence-electron chi connectivity index (χ3n) is 5.34. The van der Waals surface area contributed by atoms with Crippen molar-refractivity contribution in [1.82, 2.24) is 14.4 Å². The number of aryl methyl sites for hydroxylation is 2. The summed E-state index contributed by atoms with van der Waals surface area (Å²) in [6.45, 7) is 3.98. The van der Waals surface area contributed by atoms with E-state index in [1.165, 1.54) is 5.56 Å². The lowest BCUT2D eigenvalue weighted by Gasteiger charge is -2.11. The molecular formula is C27H24N6O. The fourth-order valence-electron chi connectivity index (χ4n) is 3.62. The van der Waals surface area contributed by atoms with E-state index in [2.05, 4.69) is 25.9 Å². The molecule has 168 valence electrons. The van der Waals surface area contributed by atoms with Gasteiger partial charge in [-0.2, -0.15) is 4.98 Å². The van der Waals surface area contributed by atoms with E-state index in [1.807, 2.05) is 110 Å². The van der Waals surface area contributed by atoms with Gasteiger partial charge in [-0.15, -0.1) is 0 Å². The molecule has 34 heavy (non-hydrogen) atoms. The third kappa shape index (κ3) is 4.88. The molecule has 2 aromatic carbocycles. The van der Waals surface area contributed by atoms with Gasteiger partial charge in [0, 0.05) is 46.7 Å². The van der Waals surface area contributed by atoms with Gasteiger partial charge in [-0.1, -0.05) is 23.8 Å². The zero-order chi connectivity index (χ0) is 23.5. The number of anilines is 5. The maximum atomic E-state index is 12.6. The number of carbonyl (C=O) groups is 1. The number of hydrogen-bond acceptors (Lipinski definition) is 5. The van der Waals surface area contributed by atoms with Crippen LogP contribution in [0.2, 0.25) is 0 Å². The van der Waals surface area contributed by atoms with Crippen LogP contribution >= 0.6 is 0 Å². The summed E-state index contributed by atoms with van der Waals surface area (Å²) < 4.78 is 1.92. The van der Waals surface area contributed by atoms with Gasteiger partial charge in [0.2, 0.25) is 5.95 Å². The second-order valence-corrected chi connectivity index (χ2v) is 8.13. The number of fused-ring (bicyclic) bond motifs is 1. The summed E-state index contributed by atoms with van der Waals surface area (Å²) in [6.07, 6.45) is 3.74. The standard InChI is InChI=1S/C27H24N6O/c1-18-6-8-23(9-7-18)31-27-28-19(2)15-25(32-27)29-21-10-12-22(13-11-21)30-26(34)20-16-24-5-3-4-14-33(24)17-20/h3-17H,1-2H3,(H,30,34)(H2,28,29,31,32). The Morgan fingerprint density at radius 2 is 1.50 bits per heavy atom. The zero-order valence-corrected chi connectivity index (χ0v) is 18.9. The Morgan fingerprint density at radius 3 is 2.26 bits per heavy atom. The highest BCUT2D eigenvalue weighted by atomic mass is 16.1. The van der Waals surface area contributed by atoms with Crippen LogP contribution in [-0.2, 0) is 0 Å². The summed E-state index contributed by atoms with van der Waals surface area (Å²) in [7, 11) is 0. The molecule has 5 rings (SSSR count). The van der Waals surface area contributed by atoms with Gasteiger partial charge < -0.3 is 20.4 Å². The first-order valence-corrected chi connectivity index (χ1v) is 11.0. The quantitative estimate of drug-likeness (QED) is 0.293. The molecule has 0 saturated heterocycles. The maximum absolute atomic E-state index is 12.6. The van der Waals surface area contributed by atoms with Crippen LogP contribution in [0.4, 0.5) is 28.8 Å². The summed E-state index contributed by atoms with van der Waals surface area (Å²) >= 11 is 0. The van der Waals surface area contributed by atoms with Crippen molar-refractivity contribution in [2.75, 3.05) is 16.0 Å². The molecule has 7 heteroatoms. The van der Waals surface area contributed by atoms with Crippen molar-refractivity contribution in [2.24, 2.45) is 0 Å². The number of pyridine rings is 1. The van der Waals surface area contributed by atoms with E-state index in [0.29, 0.717) is 23.0 Å². The number of amides is 1. The van der Waals surface area contributed by atoms with E-state index in [9.17, 15) is 4.79 Å². The Hall–Kier alpha value is -4.65. The van der Waals surface area contributed by atoms with Crippen LogP contribution in [0.15, 0.2) is 91.3 Å². The number of carbonyl (C=O) groups excluding carboxylic acids is 1. The average Bonchev–Trinajstić information content (AvgIpc) is 3.26. The summed E-state index contributed by atoms with van der Waals surface area (Å²) in [4.78, 5) is 21.7. The molecule has 0 aliphatic carbocycles. The van der Waals surface area contributed by atoms with Crippen LogP contribution in [0.3, 0.4) is 0 Å². The number of hydrogen-bond donors (Lipinski definition) is 3. The smallest absolute Gasteiger partial charge is 0.257 e. The predicted octanol–water partition coefficient (Wildman–Crippen LogP) is 6.09. The predicted molar refractivity (Wildman–Crippen MR) is 136 cm³/mol. The van der Waals surface area contributed by atoms with Gasteiger partial charge in [0.1, 0.15) is 5.82 Å². The van der Waals surface area contributed by atoms with E-state index < -0.39 is 0 Å². The largest absolute Gasteiger partial charge is 0.340 e. The normalized spacial score (nSPS) is 10.8. The molecule has 0 saturated carbocycles. The molecule has 0 fully saturated rings. The fraction of sp³-hybridized carbons (Fsp3) is 0.0741. The lowest BCUT2D eigenvalue weighted by Crippen LogP contribution is -2.10. The number of nitrogens with zero attached hydrogens (tertiary/aromatic N) is 3. The van der Waals surface area contributed by atoms with Gasteiger partial charge in [-0.05, 0) is 68.4 Å². The molecule has 0 unspecified atom stereocenters. The van der Waals surface area contributed by atoms with Gasteiger partial charge in [0.25, 0.3) is 5.91 Å². The second-order valence-electron chi connectivity index (χ2n) is 8.13. The van der Waals surface area contributed by atoms with Gasteiger partial charge in [0.05, 0.1) is 5.56 Å². The highest BCUT2D eigenvalue weighted by Crippen LogP contribution is 2.21. The van der Waals surface area contributed by atoms with E-state index in [-0.39, 0.29) is 5.91 Å². The monoisotopic (exact) mass is 448 g/mol. The summed E-state index contributed by atoms with van der Waals surface area (Å²) in [6, 6.07) is 25.2. The SMILES string of the molecule is Cc1ccc(Nc2nc(C)cc(Nc3ccc(NC(=O)c4cc5ccccn5c4)cc3)n2)cc1. The Bertz CT molecular complexity index is 1420. The van der Waals surface area contributed by atoms with E-state index in [0.717, 1.165) is 22.6 Å². The molecule has 5 aromatic rings. The van der Waals surface area contributed by atoms with Crippen molar-refractivity contribution >= 4 is 40.3 Å². The minimum Gasteiger partial charge on any atom is -0.340 e. The molecule has 0 aliphatic heterocycles. The van der Waals surface area contributed by atoms with Crippen LogP contribution in [0.1, 0.15) is 21.6 Å². The summed E-state index contributed by atoms with van der Waals surface area (Å²) in [5.74, 6) is 1.05. The van der Waals surface area contributed by atoms with E-state index in [1.54, 1.807) is 0 Å². The Kier molecular flexibility index (Phi) is 5.66. The van der Waals surface area contributed by atoms with Crippen LogP contribution in [0, 0.1) is 13.8 Å². The molecule has 0 spiro atoms. The van der Waals surface area contributed by atoms with Gasteiger partial charge in [-0.25, -0.2) is 4.98 Å². The number of aromatic nitrogens is 3.